The molecule has 2 heterocycles. The number of alkyl halides is 3. The third-order valence-electron chi connectivity index (χ3n) is 5.71. The van der Waals surface area contributed by atoms with Crippen molar-refractivity contribution in [1.82, 2.24) is 9.88 Å². The SMILES string of the molecule is O=C(COc1ccccc1)Nc1ccc(N2CCCN(C(=O)c3ccc(C(F)(F)F)cc3)CC2)nc1. The summed E-state index contributed by atoms with van der Waals surface area (Å²) in [5.74, 6) is 0.709. The number of anilines is 2. The largest absolute Gasteiger partial charge is 0.484 e. The Labute approximate surface area is 206 Å². The van der Waals surface area contributed by atoms with Gasteiger partial charge in [0.25, 0.3) is 11.8 Å². The Bertz CT molecular complexity index is 1170. The lowest BCUT2D eigenvalue weighted by Crippen LogP contribution is -2.35. The van der Waals surface area contributed by atoms with Crippen molar-refractivity contribution in [3.63, 3.8) is 0 Å². The van der Waals surface area contributed by atoms with E-state index >= 15 is 0 Å². The molecule has 1 aliphatic heterocycles. The lowest BCUT2D eigenvalue weighted by Gasteiger charge is -2.23. The molecule has 4 rings (SSSR count). The molecule has 1 saturated heterocycles. The molecule has 0 radical (unpaired) electrons. The molecular weight excluding hydrogens is 473 g/mol. The first-order valence-electron chi connectivity index (χ1n) is 11.4. The fourth-order valence-electron chi connectivity index (χ4n) is 3.84. The van der Waals surface area contributed by atoms with Gasteiger partial charge in [0, 0.05) is 31.7 Å². The van der Waals surface area contributed by atoms with E-state index in [1.165, 1.54) is 12.1 Å². The first-order chi connectivity index (χ1) is 17.3. The van der Waals surface area contributed by atoms with Gasteiger partial charge in [-0.15, -0.1) is 0 Å². The number of aromatic nitrogens is 1. The molecule has 10 heteroatoms. The van der Waals surface area contributed by atoms with E-state index < -0.39 is 11.7 Å². The van der Waals surface area contributed by atoms with Crippen LogP contribution >= 0.6 is 0 Å². The van der Waals surface area contributed by atoms with Gasteiger partial charge < -0.3 is 19.9 Å². The number of para-hydroxylation sites is 1. The van der Waals surface area contributed by atoms with E-state index in [1.54, 1.807) is 35.4 Å². The van der Waals surface area contributed by atoms with Crippen molar-refractivity contribution in [3.05, 3.63) is 84.1 Å². The highest BCUT2D eigenvalue weighted by Crippen LogP contribution is 2.29. The summed E-state index contributed by atoms with van der Waals surface area (Å²) in [5, 5.41) is 2.74. The fraction of sp³-hybridized carbons (Fsp3) is 0.269. The molecule has 7 nitrogen and oxygen atoms in total. The van der Waals surface area contributed by atoms with Crippen LogP contribution in [0, 0.1) is 0 Å². The zero-order chi connectivity index (χ0) is 25.5. The Hall–Kier alpha value is -4.08. The van der Waals surface area contributed by atoms with Crippen LogP contribution in [0.5, 0.6) is 5.75 Å². The lowest BCUT2D eigenvalue weighted by atomic mass is 10.1. The van der Waals surface area contributed by atoms with Crippen molar-refractivity contribution >= 4 is 23.3 Å². The number of pyridine rings is 1. The highest BCUT2D eigenvalue weighted by atomic mass is 19.4. The summed E-state index contributed by atoms with van der Waals surface area (Å²) in [4.78, 5) is 33.1. The van der Waals surface area contributed by atoms with Crippen LogP contribution < -0.4 is 15.0 Å². The van der Waals surface area contributed by atoms with Crippen LogP contribution in [0.25, 0.3) is 0 Å². The molecule has 0 unspecified atom stereocenters. The molecule has 0 atom stereocenters. The summed E-state index contributed by atoms with van der Waals surface area (Å²) < 4.78 is 43.8. The van der Waals surface area contributed by atoms with Gasteiger partial charge in [-0.25, -0.2) is 4.98 Å². The third-order valence-corrected chi connectivity index (χ3v) is 5.71. The maximum absolute atomic E-state index is 12.8. The van der Waals surface area contributed by atoms with Crippen LogP contribution in [0.1, 0.15) is 22.3 Å². The first-order valence-corrected chi connectivity index (χ1v) is 11.4. The predicted molar refractivity (Wildman–Crippen MR) is 129 cm³/mol. The lowest BCUT2D eigenvalue weighted by molar-refractivity contribution is -0.137. The van der Waals surface area contributed by atoms with Crippen molar-refractivity contribution in [2.45, 2.75) is 12.6 Å². The highest BCUT2D eigenvalue weighted by molar-refractivity contribution is 5.94. The molecule has 1 fully saturated rings. The van der Waals surface area contributed by atoms with Gasteiger partial charge in [-0.1, -0.05) is 18.2 Å². The Morgan fingerprint density at radius 1 is 0.917 bits per heavy atom. The Balaban J connectivity index is 1.29. The summed E-state index contributed by atoms with van der Waals surface area (Å²) in [6, 6.07) is 16.9. The normalized spacial score (nSPS) is 14.2. The summed E-state index contributed by atoms with van der Waals surface area (Å²) in [6.45, 7) is 1.97. The van der Waals surface area contributed by atoms with Gasteiger partial charge in [0.15, 0.2) is 6.61 Å². The molecular formula is C26H25F3N4O3. The molecule has 2 aromatic carbocycles. The molecule has 3 aromatic rings. The van der Waals surface area contributed by atoms with Gasteiger partial charge in [0.05, 0.1) is 17.4 Å². The van der Waals surface area contributed by atoms with Gasteiger partial charge in [0.2, 0.25) is 0 Å². The summed E-state index contributed by atoms with van der Waals surface area (Å²) >= 11 is 0. The standard InChI is InChI=1S/C26H25F3N4O3/c27-26(28,29)20-9-7-19(8-10-20)25(35)33-14-4-13-32(15-16-33)23-12-11-21(17-30-23)31-24(34)18-36-22-5-2-1-3-6-22/h1-3,5-12,17H,4,13-16,18H2,(H,31,34). The number of amides is 2. The smallest absolute Gasteiger partial charge is 0.416 e. The minimum atomic E-state index is -4.44. The molecule has 0 aliphatic carbocycles. The molecule has 188 valence electrons. The Morgan fingerprint density at radius 3 is 2.33 bits per heavy atom. The van der Waals surface area contributed by atoms with E-state index in [9.17, 15) is 22.8 Å². The molecule has 0 saturated carbocycles. The second kappa shape index (κ2) is 11.1. The average Bonchev–Trinajstić information content (AvgIpc) is 3.14. The topological polar surface area (TPSA) is 74.8 Å². The molecule has 2 amide bonds. The minimum Gasteiger partial charge on any atom is -0.484 e. The number of hydrogen-bond donors (Lipinski definition) is 1. The Morgan fingerprint density at radius 2 is 1.67 bits per heavy atom. The van der Waals surface area contributed by atoms with Crippen LogP contribution in [0.3, 0.4) is 0 Å². The summed E-state index contributed by atoms with van der Waals surface area (Å²) in [5.41, 5.74) is -0.0178. The molecule has 36 heavy (non-hydrogen) atoms. The number of carbonyl (C=O) groups excluding carboxylic acids is 2. The van der Waals surface area contributed by atoms with Crippen LogP contribution in [0.2, 0.25) is 0 Å². The van der Waals surface area contributed by atoms with Crippen molar-refractivity contribution in [1.29, 1.82) is 0 Å². The maximum Gasteiger partial charge on any atom is 0.416 e. The van der Waals surface area contributed by atoms with Crippen molar-refractivity contribution in [3.8, 4) is 5.75 Å². The van der Waals surface area contributed by atoms with Gasteiger partial charge in [-0.3, -0.25) is 9.59 Å². The summed E-state index contributed by atoms with van der Waals surface area (Å²) in [7, 11) is 0. The van der Waals surface area contributed by atoms with E-state index in [0.29, 0.717) is 49.9 Å². The van der Waals surface area contributed by atoms with Gasteiger partial charge in [-0.2, -0.15) is 13.2 Å². The average molecular weight is 499 g/mol. The van der Waals surface area contributed by atoms with Crippen LogP contribution in [-0.2, 0) is 11.0 Å². The molecule has 0 bridgehead atoms. The van der Waals surface area contributed by atoms with Gasteiger partial charge in [0.1, 0.15) is 11.6 Å². The van der Waals surface area contributed by atoms with E-state index in [4.69, 9.17) is 4.74 Å². The summed E-state index contributed by atoms with van der Waals surface area (Å²) in [6.07, 6.45) is -2.19. The minimum absolute atomic E-state index is 0.124. The first kappa shape index (κ1) is 25.0. The second-order valence-electron chi connectivity index (χ2n) is 8.26. The van der Waals surface area contributed by atoms with Gasteiger partial charge >= 0.3 is 6.18 Å². The van der Waals surface area contributed by atoms with Crippen molar-refractivity contribution < 1.29 is 27.5 Å². The fourth-order valence-corrected chi connectivity index (χ4v) is 3.84. The van der Waals surface area contributed by atoms with Crippen molar-refractivity contribution in [2.24, 2.45) is 0 Å². The maximum atomic E-state index is 12.8. The quantitative estimate of drug-likeness (QED) is 0.543. The number of benzene rings is 2. The number of halogens is 3. The van der Waals surface area contributed by atoms with E-state index in [0.717, 1.165) is 12.1 Å². The van der Waals surface area contributed by atoms with Crippen LogP contribution in [0.15, 0.2) is 72.9 Å². The monoisotopic (exact) mass is 498 g/mol. The number of hydrogen-bond acceptors (Lipinski definition) is 5. The van der Waals surface area contributed by atoms with Gasteiger partial charge in [-0.05, 0) is 55.0 Å². The molecule has 1 aromatic heterocycles. The third kappa shape index (κ3) is 6.53. The number of carbonyl (C=O) groups is 2. The van der Waals surface area contributed by atoms with E-state index in [2.05, 4.69) is 10.3 Å². The van der Waals surface area contributed by atoms with Crippen LogP contribution in [-0.4, -0.2) is 54.5 Å². The van der Waals surface area contributed by atoms with E-state index in [-0.39, 0.29) is 24.0 Å². The van der Waals surface area contributed by atoms with E-state index in [1.807, 2.05) is 23.1 Å². The van der Waals surface area contributed by atoms with Crippen LogP contribution in [0.4, 0.5) is 24.7 Å². The number of ether oxygens (including phenoxy) is 1. The number of nitrogens with one attached hydrogen (secondary N) is 1. The predicted octanol–water partition coefficient (Wildman–Crippen LogP) is 4.47. The number of rotatable bonds is 6. The Kier molecular flexibility index (Phi) is 7.72. The second-order valence-corrected chi connectivity index (χ2v) is 8.26. The molecule has 0 spiro atoms. The zero-order valence-corrected chi connectivity index (χ0v) is 19.4. The molecule has 1 aliphatic rings. The van der Waals surface area contributed by atoms with Crippen molar-refractivity contribution in [2.75, 3.05) is 43.0 Å². The zero-order valence-electron chi connectivity index (χ0n) is 19.4. The molecule has 1 N–H and O–H groups in total. The highest BCUT2D eigenvalue weighted by Gasteiger charge is 2.30. The number of nitrogens with zero attached hydrogens (tertiary/aromatic N) is 3.